The number of nitrogens with one attached hydrogen (secondary N) is 1. The Morgan fingerprint density at radius 3 is 2.71 bits per heavy atom. The van der Waals surface area contributed by atoms with Gasteiger partial charge in [-0.05, 0) is 26.0 Å². The van der Waals surface area contributed by atoms with Gasteiger partial charge in [0.25, 0.3) is 0 Å². The first-order valence-electron chi connectivity index (χ1n) is 7.58. The molecule has 1 N–H and O–H groups in total. The third-order valence-electron chi connectivity index (χ3n) is 3.38. The number of anilines is 2. The van der Waals surface area contributed by atoms with Crippen molar-refractivity contribution in [1.82, 2.24) is 9.97 Å². The summed E-state index contributed by atoms with van der Waals surface area (Å²) in [4.78, 5) is 11.5. The van der Waals surface area contributed by atoms with Gasteiger partial charge in [-0.1, -0.05) is 25.6 Å². The van der Waals surface area contributed by atoms with Crippen molar-refractivity contribution in [2.75, 3.05) is 43.3 Å². The molecule has 0 saturated carbocycles. The molecule has 120 valence electrons. The maximum absolute atomic E-state index is 5.23. The van der Waals surface area contributed by atoms with Crippen LogP contribution in [-0.4, -0.2) is 49.1 Å². The lowest BCUT2D eigenvalue weighted by Crippen LogP contribution is -2.36. The Morgan fingerprint density at radius 2 is 2.14 bits per heavy atom. The summed E-state index contributed by atoms with van der Waals surface area (Å²) < 4.78 is 5.23. The van der Waals surface area contributed by atoms with Gasteiger partial charge in [0.05, 0.1) is 6.61 Å². The van der Waals surface area contributed by atoms with Gasteiger partial charge in [0.1, 0.15) is 11.6 Å². The lowest BCUT2D eigenvalue weighted by Gasteiger charge is -2.30. The molecule has 0 aliphatic carbocycles. The number of nitrogens with zero attached hydrogens (tertiary/aromatic N) is 3. The summed E-state index contributed by atoms with van der Waals surface area (Å²) in [6.45, 7) is 9.01. The fourth-order valence-corrected chi connectivity index (χ4v) is 2.34. The number of methoxy groups -OCH3 is 1. The molecule has 0 radical (unpaired) electrons. The third-order valence-corrected chi connectivity index (χ3v) is 3.93. The molecule has 1 aromatic heterocycles. The smallest absolute Gasteiger partial charge is 0.191 e. The van der Waals surface area contributed by atoms with Crippen LogP contribution < -0.4 is 10.2 Å². The van der Waals surface area contributed by atoms with E-state index in [1.54, 1.807) is 18.9 Å². The van der Waals surface area contributed by atoms with Crippen LogP contribution >= 0.6 is 11.8 Å². The average molecular weight is 312 g/mol. The van der Waals surface area contributed by atoms with E-state index in [9.17, 15) is 0 Å². The summed E-state index contributed by atoms with van der Waals surface area (Å²) >= 11 is 1.57. The summed E-state index contributed by atoms with van der Waals surface area (Å²) in [6, 6.07) is 2.46. The quantitative estimate of drug-likeness (QED) is 0.528. The van der Waals surface area contributed by atoms with Gasteiger partial charge in [-0.25, -0.2) is 9.97 Å². The van der Waals surface area contributed by atoms with Crippen molar-refractivity contribution < 1.29 is 4.74 Å². The fraction of sp³-hybridized carbons (Fsp3) is 0.733. The minimum atomic E-state index is 0.420. The third kappa shape index (κ3) is 5.71. The lowest BCUT2D eigenvalue weighted by atomic mass is 10.2. The van der Waals surface area contributed by atoms with Crippen molar-refractivity contribution in [2.24, 2.45) is 0 Å². The SMILES string of the molecule is CCCNc1cc(N(CCOC)C(C)CC)nc(SC)n1. The minimum absolute atomic E-state index is 0.420. The number of rotatable bonds is 10. The summed E-state index contributed by atoms with van der Waals surface area (Å²) in [5.41, 5.74) is 0. The second kappa shape index (κ2) is 9.84. The van der Waals surface area contributed by atoms with Gasteiger partial charge in [0.15, 0.2) is 5.16 Å². The van der Waals surface area contributed by atoms with E-state index in [1.807, 2.05) is 12.3 Å². The van der Waals surface area contributed by atoms with Gasteiger partial charge in [0.2, 0.25) is 0 Å². The maximum Gasteiger partial charge on any atom is 0.191 e. The summed E-state index contributed by atoms with van der Waals surface area (Å²) in [7, 11) is 1.73. The highest BCUT2D eigenvalue weighted by molar-refractivity contribution is 7.98. The van der Waals surface area contributed by atoms with Crippen LogP contribution in [0.15, 0.2) is 11.2 Å². The van der Waals surface area contributed by atoms with Gasteiger partial charge in [0, 0.05) is 32.3 Å². The molecule has 5 nitrogen and oxygen atoms in total. The van der Waals surface area contributed by atoms with Gasteiger partial charge in [-0.15, -0.1) is 0 Å². The zero-order valence-electron chi connectivity index (χ0n) is 13.8. The molecule has 0 fully saturated rings. The van der Waals surface area contributed by atoms with E-state index in [0.29, 0.717) is 12.6 Å². The standard InChI is InChI=1S/C15H28N4OS/c1-6-8-16-13-11-14(18-15(17-13)21-5)19(9-10-20-4)12(3)7-2/h11-12H,6-10H2,1-5H3,(H,16,17,18). The van der Waals surface area contributed by atoms with Crippen molar-refractivity contribution in [3.63, 3.8) is 0 Å². The number of hydrogen-bond donors (Lipinski definition) is 1. The summed E-state index contributed by atoms with van der Waals surface area (Å²) in [5, 5.41) is 4.16. The number of ether oxygens (including phenoxy) is 1. The molecule has 1 heterocycles. The van der Waals surface area contributed by atoms with E-state index in [4.69, 9.17) is 4.74 Å². The highest BCUT2D eigenvalue weighted by atomic mass is 32.2. The van der Waals surface area contributed by atoms with E-state index in [2.05, 4.69) is 41.0 Å². The molecule has 1 unspecified atom stereocenters. The van der Waals surface area contributed by atoms with E-state index < -0.39 is 0 Å². The van der Waals surface area contributed by atoms with Crippen molar-refractivity contribution in [3.05, 3.63) is 6.07 Å². The highest BCUT2D eigenvalue weighted by Gasteiger charge is 2.16. The van der Waals surface area contributed by atoms with Crippen molar-refractivity contribution in [1.29, 1.82) is 0 Å². The molecule has 21 heavy (non-hydrogen) atoms. The molecule has 1 atom stereocenters. The van der Waals surface area contributed by atoms with Crippen LogP contribution in [0.5, 0.6) is 0 Å². The van der Waals surface area contributed by atoms with Gasteiger partial charge in [-0.3, -0.25) is 0 Å². The average Bonchev–Trinajstić information content (AvgIpc) is 2.52. The molecule has 1 aromatic rings. The number of aromatic nitrogens is 2. The van der Waals surface area contributed by atoms with E-state index in [-0.39, 0.29) is 0 Å². The Morgan fingerprint density at radius 1 is 1.38 bits per heavy atom. The van der Waals surface area contributed by atoms with Crippen LogP contribution in [0.25, 0.3) is 0 Å². The zero-order valence-corrected chi connectivity index (χ0v) is 14.7. The van der Waals surface area contributed by atoms with Gasteiger partial charge < -0.3 is 15.0 Å². The number of hydrogen-bond acceptors (Lipinski definition) is 6. The Kier molecular flexibility index (Phi) is 8.45. The van der Waals surface area contributed by atoms with Crippen LogP contribution in [0.4, 0.5) is 11.6 Å². The summed E-state index contributed by atoms with van der Waals surface area (Å²) in [5.74, 6) is 1.87. The molecular weight excluding hydrogens is 284 g/mol. The second-order valence-electron chi connectivity index (χ2n) is 4.97. The summed E-state index contributed by atoms with van der Waals surface area (Å²) in [6.07, 6.45) is 4.15. The monoisotopic (exact) mass is 312 g/mol. The zero-order chi connectivity index (χ0) is 15.7. The van der Waals surface area contributed by atoms with E-state index in [1.165, 1.54) is 0 Å². The first-order chi connectivity index (χ1) is 10.2. The Labute approximate surface area is 132 Å². The van der Waals surface area contributed by atoms with Crippen LogP contribution in [0.1, 0.15) is 33.6 Å². The topological polar surface area (TPSA) is 50.3 Å². The first-order valence-corrected chi connectivity index (χ1v) is 8.81. The predicted octanol–water partition coefficient (Wildman–Crippen LogP) is 3.27. The van der Waals surface area contributed by atoms with E-state index >= 15 is 0 Å². The normalized spacial score (nSPS) is 12.2. The Balaban J connectivity index is 3.03. The number of thioether (sulfide) groups is 1. The van der Waals surface area contributed by atoms with Crippen LogP contribution in [0, 0.1) is 0 Å². The second-order valence-corrected chi connectivity index (χ2v) is 5.74. The minimum Gasteiger partial charge on any atom is -0.383 e. The lowest BCUT2D eigenvalue weighted by molar-refractivity contribution is 0.203. The largest absolute Gasteiger partial charge is 0.383 e. The van der Waals surface area contributed by atoms with Crippen LogP contribution in [0.2, 0.25) is 0 Å². The predicted molar refractivity (Wildman–Crippen MR) is 91.6 cm³/mol. The molecule has 6 heteroatoms. The maximum atomic E-state index is 5.23. The molecule has 0 saturated heterocycles. The molecular formula is C15H28N4OS. The molecule has 0 bridgehead atoms. The van der Waals surface area contributed by atoms with Crippen molar-refractivity contribution >= 4 is 23.4 Å². The van der Waals surface area contributed by atoms with Gasteiger partial charge in [-0.2, -0.15) is 0 Å². The van der Waals surface area contributed by atoms with Crippen molar-refractivity contribution in [3.8, 4) is 0 Å². The highest BCUT2D eigenvalue weighted by Crippen LogP contribution is 2.22. The Hall–Kier alpha value is -1.01. The van der Waals surface area contributed by atoms with Crippen LogP contribution in [-0.2, 0) is 4.74 Å². The molecule has 0 aliphatic heterocycles. The van der Waals surface area contributed by atoms with Crippen LogP contribution in [0.3, 0.4) is 0 Å². The molecule has 0 amide bonds. The van der Waals surface area contributed by atoms with Gasteiger partial charge >= 0.3 is 0 Å². The molecule has 0 spiro atoms. The molecule has 0 aliphatic rings. The molecule has 0 aromatic carbocycles. The first kappa shape index (κ1) is 18.0. The van der Waals surface area contributed by atoms with E-state index in [0.717, 1.165) is 42.7 Å². The fourth-order valence-electron chi connectivity index (χ4n) is 1.97. The molecule has 1 rings (SSSR count). The Bertz CT molecular complexity index is 417. The van der Waals surface area contributed by atoms with Crippen molar-refractivity contribution in [2.45, 2.75) is 44.8 Å².